The molecule has 1 unspecified atom stereocenters. The zero-order valence-corrected chi connectivity index (χ0v) is 30.0. The molecule has 3 atom stereocenters. The predicted molar refractivity (Wildman–Crippen MR) is 194 cm³/mol. The van der Waals surface area contributed by atoms with Crippen molar-refractivity contribution < 1.29 is 33.6 Å². The fourth-order valence-corrected chi connectivity index (χ4v) is 8.01. The first kappa shape index (κ1) is 36.4. The molecule has 3 saturated heterocycles. The molecule has 3 aromatic carbocycles. The quantitative estimate of drug-likeness (QED) is 0.0882. The molecule has 268 valence electrons. The molecule has 0 spiro atoms. The molecule has 3 aliphatic heterocycles. The minimum atomic E-state index is -1.10. The predicted octanol–water partition coefficient (Wildman–Crippen LogP) is 6.23. The third-order valence-electron chi connectivity index (χ3n) is 10.0. The van der Waals surface area contributed by atoms with Crippen LogP contribution < -0.4 is 19.5 Å². The Morgan fingerprint density at radius 1 is 0.961 bits per heavy atom. The lowest BCUT2D eigenvalue weighted by molar-refractivity contribution is -0.605. The van der Waals surface area contributed by atoms with Crippen molar-refractivity contribution >= 4 is 35.1 Å². The second-order valence-corrected chi connectivity index (χ2v) is 13.8. The molecule has 7 rings (SSSR count). The van der Waals surface area contributed by atoms with E-state index in [1.165, 1.54) is 26.6 Å². The Kier molecular flexibility index (Phi) is 11.7. The van der Waals surface area contributed by atoms with Crippen molar-refractivity contribution in [2.24, 2.45) is 5.92 Å². The lowest BCUT2D eigenvalue weighted by Gasteiger charge is -2.44. The Morgan fingerprint density at radius 3 is 2.29 bits per heavy atom. The Balaban J connectivity index is 1.34. The molecule has 1 aromatic heterocycles. The summed E-state index contributed by atoms with van der Waals surface area (Å²) >= 11 is 13.2. The van der Waals surface area contributed by atoms with E-state index in [-0.39, 0.29) is 34.1 Å². The van der Waals surface area contributed by atoms with Gasteiger partial charge >= 0.3 is 11.9 Å². The molecule has 0 saturated carbocycles. The summed E-state index contributed by atoms with van der Waals surface area (Å²) in [7, 11) is 3.07. The minimum absolute atomic E-state index is 0.107. The van der Waals surface area contributed by atoms with Gasteiger partial charge in [-0.15, -0.1) is 0 Å². The summed E-state index contributed by atoms with van der Waals surface area (Å²) in [6.07, 6.45) is 4.93. The number of halogens is 2. The Hall–Kier alpha value is -4.35. The zero-order chi connectivity index (χ0) is 36.1. The number of hydrogen-bond donors (Lipinski definition) is 2. The number of carboxylic acids is 1. The summed E-state index contributed by atoms with van der Waals surface area (Å²) in [4.78, 5) is 29.0. The molecule has 3 fully saturated rings. The standard InChI is InChI=1S/C39H41Cl2N3O7/c1-49-33-12-11-27(19-34(33)50-2)29(20-30-31(40)21-44(48)22-32(30)41)36-25(9-6-10-28(36)38(45)46)13-16-42-37(26-7-4-3-5-8-26)39(47)51-35-23-43-17-14-24(35)15-18-43/h3-12,19,21-22,24,29,35,37,42H,13-18,20,23H2,1-2H3,(H,45,46)/t29-,35-,37?/m0/s1. The summed E-state index contributed by atoms with van der Waals surface area (Å²) in [6, 6.07) is 19.4. The lowest BCUT2D eigenvalue weighted by Crippen LogP contribution is -2.52. The van der Waals surface area contributed by atoms with Gasteiger partial charge in [-0.1, -0.05) is 71.7 Å². The van der Waals surface area contributed by atoms with Crippen LogP contribution in [-0.2, 0) is 22.4 Å². The number of methoxy groups -OCH3 is 2. The number of aromatic carboxylic acids is 1. The zero-order valence-electron chi connectivity index (χ0n) is 28.5. The van der Waals surface area contributed by atoms with E-state index in [2.05, 4.69) is 10.2 Å². The normalized spacial score (nSPS) is 19.3. The highest BCUT2D eigenvalue weighted by Crippen LogP contribution is 2.40. The van der Waals surface area contributed by atoms with E-state index in [1.54, 1.807) is 24.3 Å². The van der Waals surface area contributed by atoms with Crippen LogP contribution in [0.2, 0.25) is 10.0 Å². The van der Waals surface area contributed by atoms with Gasteiger partial charge in [0.2, 0.25) is 0 Å². The Bertz CT molecular complexity index is 1840. The molecule has 51 heavy (non-hydrogen) atoms. The number of piperidine rings is 3. The van der Waals surface area contributed by atoms with Crippen molar-refractivity contribution in [2.45, 2.75) is 43.7 Å². The van der Waals surface area contributed by atoms with Crippen LogP contribution in [0.1, 0.15) is 63.0 Å². The molecule has 12 heteroatoms. The van der Waals surface area contributed by atoms with Crippen LogP contribution in [-0.4, -0.2) is 68.4 Å². The molecule has 0 radical (unpaired) electrons. The van der Waals surface area contributed by atoms with Crippen molar-refractivity contribution in [3.63, 3.8) is 0 Å². The van der Waals surface area contributed by atoms with Crippen LogP contribution in [0, 0.1) is 11.1 Å². The number of carboxylic acid groups (broad SMARTS) is 1. The van der Waals surface area contributed by atoms with Crippen molar-refractivity contribution in [2.75, 3.05) is 40.4 Å². The first-order chi connectivity index (χ1) is 24.7. The molecule has 4 heterocycles. The van der Waals surface area contributed by atoms with E-state index in [9.17, 15) is 19.9 Å². The number of ether oxygens (including phenoxy) is 3. The first-order valence-corrected chi connectivity index (χ1v) is 17.8. The van der Waals surface area contributed by atoms with E-state index in [0.29, 0.717) is 46.2 Å². The van der Waals surface area contributed by atoms with Gasteiger partial charge in [0.25, 0.3) is 0 Å². The molecule has 2 N–H and O–H groups in total. The molecule has 10 nitrogen and oxygen atoms in total. The van der Waals surface area contributed by atoms with Gasteiger partial charge in [0.05, 0.1) is 19.8 Å². The number of nitrogens with zero attached hydrogens (tertiary/aromatic N) is 2. The second-order valence-electron chi connectivity index (χ2n) is 13.0. The highest BCUT2D eigenvalue weighted by Gasteiger charge is 2.38. The molecule has 0 aliphatic carbocycles. The van der Waals surface area contributed by atoms with Crippen LogP contribution in [0.15, 0.2) is 79.1 Å². The van der Waals surface area contributed by atoms with E-state index < -0.39 is 17.9 Å². The number of fused-ring (bicyclic) bond motifs is 3. The first-order valence-electron chi connectivity index (χ1n) is 17.0. The Morgan fingerprint density at radius 2 is 1.67 bits per heavy atom. The SMILES string of the molecule is COc1ccc([C@H](Cc2c(Cl)c[n+]([O-])cc2Cl)c2c(CCNC(C(=O)O[C@H]3CN4CCC3CC4)c3ccccc3)cccc2C(=O)O)cc1OC. The van der Waals surface area contributed by atoms with Gasteiger partial charge in [-0.2, -0.15) is 4.73 Å². The van der Waals surface area contributed by atoms with Gasteiger partial charge in [-0.25, -0.2) is 9.59 Å². The van der Waals surface area contributed by atoms with Crippen LogP contribution >= 0.6 is 23.2 Å². The van der Waals surface area contributed by atoms with Gasteiger partial charge in [0.1, 0.15) is 22.2 Å². The second kappa shape index (κ2) is 16.3. The smallest absolute Gasteiger partial charge is 0.335 e. The summed E-state index contributed by atoms with van der Waals surface area (Å²) in [5.41, 5.74) is 3.42. The van der Waals surface area contributed by atoms with Gasteiger partial charge < -0.3 is 29.8 Å². The number of esters is 1. The molecule has 4 aromatic rings. The molecule has 3 aliphatic rings. The highest BCUT2D eigenvalue weighted by molar-refractivity contribution is 6.35. The topological polar surface area (TPSA) is 124 Å². The maximum atomic E-state index is 13.8. The largest absolute Gasteiger partial charge is 0.619 e. The third-order valence-corrected chi connectivity index (χ3v) is 10.7. The number of hydrogen-bond acceptors (Lipinski definition) is 8. The van der Waals surface area contributed by atoms with Crippen molar-refractivity contribution in [1.82, 2.24) is 10.2 Å². The van der Waals surface area contributed by atoms with Crippen molar-refractivity contribution in [3.8, 4) is 11.5 Å². The third kappa shape index (κ3) is 8.25. The highest BCUT2D eigenvalue weighted by atomic mass is 35.5. The number of rotatable bonds is 14. The summed E-state index contributed by atoms with van der Waals surface area (Å²) < 4.78 is 17.8. The van der Waals surface area contributed by atoms with Crippen molar-refractivity contribution in [3.05, 3.63) is 128 Å². The van der Waals surface area contributed by atoms with E-state index >= 15 is 0 Å². The molecule has 0 amide bonds. The molecule has 2 bridgehead atoms. The summed E-state index contributed by atoms with van der Waals surface area (Å²) in [5.74, 6) is -0.670. The number of carbonyl (C=O) groups excluding carboxylic acids is 1. The van der Waals surface area contributed by atoms with Gasteiger partial charge in [-0.05, 0) is 85.1 Å². The summed E-state index contributed by atoms with van der Waals surface area (Å²) in [6.45, 7) is 3.18. The monoisotopic (exact) mass is 733 g/mol. The average Bonchev–Trinajstić information content (AvgIpc) is 3.13. The number of aromatic nitrogens is 1. The molecular formula is C39H41Cl2N3O7. The van der Waals surface area contributed by atoms with Crippen molar-refractivity contribution in [1.29, 1.82) is 0 Å². The fourth-order valence-electron chi connectivity index (χ4n) is 7.41. The maximum absolute atomic E-state index is 13.8. The number of pyridine rings is 1. The van der Waals surface area contributed by atoms with Gasteiger partial charge in [0.15, 0.2) is 23.9 Å². The van der Waals surface area contributed by atoms with Crippen LogP contribution in [0.5, 0.6) is 11.5 Å². The van der Waals surface area contributed by atoms with Gasteiger partial charge in [0, 0.05) is 24.6 Å². The maximum Gasteiger partial charge on any atom is 0.335 e. The number of benzene rings is 3. The molecular weight excluding hydrogens is 693 g/mol. The number of carbonyl (C=O) groups is 2. The van der Waals surface area contributed by atoms with Crippen LogP contribution in [0.25, 0.3) is 0 Å². The average molecular weight is 735 g/mol. The van der Waals surface area contributed by atoms with E-state index in [0.717, 1.165) is 49.2 Å². The number of nitrogens with one attached hydrogen (secondary N) is 1. The van der Waals surface area contributed by atoms with E-state index in [1.807, 2.05) is 42.5 Å². The minimum Gasteiger partial charge on any atom is -0.619 e. The van der Waals surface area contributed by atoms with Gasteiger partial charge in [-0.3, -0.25) is 4.90 Å². The van der Waals surface area contributed by atoms with Crippen LogP contribution in [0.4, 0.5) is 0 Å². The lowest BCUT2D eigenvalue weighted by atomic mass is 9.80. The fraction of sp³-hybridized carbons (Fsp3) is 0.359. The Labute approximate surface area is 307 Å². The van der Waals surface area contributed by atoms with Crippen LogP contribution in [0.3, 0.4) is 0 Å². The van der Waals surface area contributed by atoms with E-state index in [4.69, 9.17) is 37.4 Å². The summed E-state index contributed by atoms with van der Waals surface area (Å²) in [5, 5.41) is 26.3.